The fourth-order valence-corrected chi connectivity index (χ4v) is 4.77. The first-order chi connectivity index (χ1) is 11.8. The Hall–Kier alpha value is -1.49. The molecule has 0 aromatic carbocycles. The zero-order chi connectivity index (χ0) is 17.9. The number of rotatable bonds is 4. The van der Waals surface area contributed by atoms with Crippen LogP contribution < -0.4 is 5.32 Å². The molecule has 1 amide bonds. The number of thiophene rings is 1. The van der Waals surface area contributed by atoms with E-state index in [9.17, 15) is 4.79 Å². The van der Waals surface area contributed by atoms with Crippen LogP contribution in [0.15, 0.2) is 0 Å². The topological polar surface area (TPSA) is 54.9 Å². The van der Waals surface area contributed by atoms with Gasteiger partial charge in [0.25, 0.3) is 5.91 Å². The normalized spacial score (nSPS) is 18.2. The predicted molar refractivity (Wildman–Crippen MR) is 102 cm³/mol. The van der Waals surface area contributed by atoms with Crippen molar-refractivity contribution < 1.29 is 4.79 Å². The molecule has 134 valence electrons. The number of nitrogens with one attached hydrogen (secondary N) is 1. The van der Waals surface area contributed by atoms with E-state index >= 15 is 0 Å². The summed E-state index contributed by atoms with van der Waals surface area (Å²) in [6, 6.07) is 0.384. The molecule has 0 bridgehead atoms. The van der Waals surface area contributed by atoms with Crippen molar-refractivity contribution in [2.45, 2.75) is 71.8 Å². The number of hydrogen-bond donors (Lipinski definition) is 1. The second-order valence-corrected chi connectivity index (χ2v) is 9.79. The first-order valence-corrected chi connectivity index (χ1v) is 10.2. The van der Waals surface area contributed by atoms with E-state index in [0.29, 0.717) is 17.9 Å². The van der Waals surface area contributed by atoms with Crippen LogP contribution in [0.2, 0.25) is 0 Å². The van der Waals surface area contributed by atoms with Crippen LogP contribution in [0.5, 0.6) is 0 Å². The molecule has 4 rings (SSSR count). The van der Waals surface area contributed by atoms with Gasteiger partial charge >= 0.3 is 0 Å². The van der Waals surface area contributed by atoms with Gasteiger partial charge in [-0.25, -0.2) is 9.97 Å². The maximum Gasteiger partial charge on any atom is 0.261 e. The van der Waals surface area contributed by atoms with Gasteiger partial charge < -0.3 is 5.32 Å². The fourth-order valence-electron chi connectivity index (χ4n) is 3.64. The molecular formula is C20H27N3OS. The third kappa shape index (κ3) is 3.19. The summed E-state index contributed by atoms with van der Waals surface area (Å²) in [5.41, 5.74) is 1.91. The van der Waals surface area contributed by atoms with Crippen molar-refractivity contribution in [2.24, 2.45) is 11.8 Å². The minimum absolute atomic E-state index is 0.0843. The van der Waals surface area contributed by atoms with Gasteiger partial charge in [-0.3, -0.25) is 4.79 Å². The molecule has 25 heavy (non-hydrogen) atoms. The second kappa shape index (κ2) is 5.76. The molecule has 2 aliphatic rings. The number of carbonyl (C=O) groups is 1. The molecule has 2 aromatic heterocycles. The lowest BCUT2D eigenvalue weighted by molar-refractivity contribution is 0.0930. The van der Waals surface area contributed by atoms with Gasteiger partial charge in [0, 0.05) is 16.8 Å². The van der Waals surface area contributed by atoms with Crippen molar-refractivity contribution in [1.29, 1.82) is 0 Å². The summed E-state index contributed by atoms with van der Waals surface area (Å²) in [6.45, 7) is 10.4. The van der Waals surface area contributed by atoms with E-state index in [2.05, 4.69) is 26.1 Å². The van der Waals surface area contributed by atoms with E-state index in [-0.39, 0.29) is 11.3 Å². The summed E-state index contributed by atoms with van der Waals surface area (Å²) in [4.78, 5) is 24.2. The lowest BCUT2D eigenvalue weighted by Crippen LogP contribution is -2.37. The Morgan fingerprint density at radius 2 is 1.72 bits per heavy atom. The Morgan fingerprint density at radius 3 is 2.24 bits per heavy atom. The number of hydrogen-bond acceptors (Lipinski definition) is 4. The number of aromatic nitrogens is 2. The molecule has 0 radical (unpaired) electrons. The maximum absolute atomic E-state index is 13.0. The van der Waals surface area contributed by atoms with Crippen LogP contribution in [0.4, 0.5) is 0 Å². The summed E-state index contributed by atoms with van der Waals surface area (Å²) in [7, 11) is 0. The van der Waals surface area contributed by atoms with E-state index in [1.165, 1.54) is 37.0 Å². The molecule has 1 N–H and O–H groups in total. The molecule has 0 atom stereocenters. The molecule has 2 heterocycles. The molecule has 2 fully saturated rings. The second-order valence-electron chi connectivity index (χ2n) is 8.79. The van der Waals surface area contributed by atoms with Crippen LogP contribution in [0.3, 0.4) is 0 Å². The lowest BCUT2D eigenvalue weighted by atomic mass is 9.95. The van der Waals surface area contributed by atoms with Gasteiger partial charge in [-0.15, -0.1) is 11.3 Å². The van der Waals surface area contributed by atoms with Gasteiger partial charge in [0.05, 0.1) is 10.6 Å². The van der Waals surface area contributed by atoms with Gasteiger partial charge in [0.2, 0.25) is 0 Å². The zero-order valence-electron chi connectivity index (χ0n) is 15.8. The third-order valence-electron chi connectivity index (χ3n) is 5.41. The van der Waals surface area contributed by atoms with Gasteiger partial charge in [0.15, 0.2) is 0 Å². The van der Waals surface area contributed by atoms with E-state index in [1.807, 2.05) is 13.8 Å². The SMILES string of the molecule is Cc1nc(C(C)(C)C)nc2sc(C(=O)NC(C3CC3)C3CC3)c(C)c12. The minimum Gasteiger partial charge on any atom is -0.348 e. The van der Waals surface area contributed by atoms with Crippen molar-refractivity contribution in [3.63, 3.8) is 0 Å². The average molecular weight is 358 g/mol. The highest BCUT2D eigenvalue weighted by Gasteiger charge is 2.42. The number of fused-ring (bicyclic) bond motifs is 1. The number of amides is 1. The minimum atomic E-state index is -0.0949. The zero-order valence-corrected chi connectivity index (χ0v) is 16.6. The monoisotopic (exact) mass is 357 g/mol. The molecule has 0 unspecified atom stereocenters. The molecule has 5 heteroatoms. The molecule has 0 aliphatic heterocycles. The molecule has 4 nitrogen and oxygen atoms in total. The number of carbonyl (C=O) groups excluding carboxylic acids is 1. The number of nitrogens with zero attached hydrogens (tertiary/aromatic N) is 2. The van der Waals surface area contributed by atoms with E-state index in [0.717, 1.165) is 32.2 Å². The van der Waals surface area contributed by atoms with Crippen molar-refractivity contribution >= 4 is 27.5 Å². The molecule has 0 spiro atoms. The van der Waals surface area contributed by atoms with Crippen molar-refractivity contribution in [3.05, 3.63) is 22.0 Å². The Bertz CT molecular complexity index is 829. The van der Waals surface area contributed by atoms with Crippen LogP contribution in [0, 0.1) is 25.7 Å². The highest BCUT2D eigenvalue weighted by atomic mass is 32.1. The number of aryl methyl sites for hydroxylation is 2. The van der Waals surface area contributed by atoms with E-state index < -0.39 is 0 Å². The van der Waals surface area contributed by atoms with Crippen LogP contribution in [0.25, 0.3) is 10.2 Å². The predicted octanol–water partition coefficient (Wildman–Crippen LogP) is 4.52. The van der Waals surface area contributed by atoms with Crippen molar-refractivity contribution in [1.82, 2.24) is 15.3 Å². The van der Waals surface area contributed by atoms with Crippen LogP contribution >= 0.6 is 11.3 Å². The van der Waals surface area contributed by atoms with Gasteiger partial charge in [-0.05, 0) is 56.9 Å². The van der Waals surface area contributed by atoms with Gasteiger partial charge in [-0.2, -0.15) is 0 Å². The maximum atomic E-state index is 13.0. The average Bonchev–Trinajstić information content (AvgIpc) is 3.42. The standard InChI is InChI=1S/C20H27N3OS/c1-10-14-11(2)21-19(20(3,4)5)23-18(14)25-16(10)17(24)22-15(12-6-7-12)13-8-9-13/h12-13,15H,6-9H2,1-5H3,(H,22,24). The van der Waals surface area contributed by atoms with Gasteiger partial charge in [-0.1, -0.05) is 20.8 Å². The lowest BCUT2D eigenvalue weighted by Gasteiger charge is -2.17. The molecule has 2 aliphatic carbocycles. The summed E-state index contributed by atoms with van der Waals surface area (Å²) in [5.74, 6) is 2.35. The third-order valence-corrected chi connectivity index (χ3v) is 6.59. The van der Waals surface area contributed by atoms with Crippen LogP contribution in [0.1, 0.15) is 73.2 Å². The molecule has 2 aromatic rings. The summed E-state index contributed by atoms with van der Waals surface area (Å²) < 4.78 is 0. The quantitative estimate of drug-likeness (QED) is 0.875. The first-order valence-electron chi connectivity index (χ1n) is 9.35. The van der Waals surface area contributed by atoms with Gasteiger partial charge in [0.1, 0.15) is 10.7 Å². The molecular weight excluding hydrogens is 330 g/mol. The first kappa shape index (κ1) is 17.0. The van der Waals surface area contributed by atoms with E-state index in [4.69, 9.17) is 9.97 Å². The van der Waals surface area contributed by atoms with Crippen molar-refractivity contribution in [2.75, 3.05) is 0 Å². The molecule has 2 saturated carbocycles. The Balaban J connectivity index is 1.68. The highest BCUT2D eigenvalue weighted by Crippen LogP contribution is 2.45. The Labute approximate surface area is 153 Å². The summed E-state index contributed by atoms with van der Waals surface area (Å²) in [5, 5.41) is 4.40. The summed E-state index contributed by atoms with van der Waals surface area (Å²) >= 11 is 1.52. The Kier molecular flexibility index (Phi) is 3.91. The molecule has 0 saturated heterocycles. The summed E-state index contributed by atoms with van der Waals surface area (Å²) in [6.07, 6.45) is 5.08. The Morgan fingerprint density at radius 1 is 1.12 bits per heavy atom. The highest BCUT2D eigenvalue weighted by molar-refractivity contribution is 7.20. The fraction of sp³-hybridized carbons (Fsp3) is 0.650. The smallest absolute Gasteiger partial charge is 0.261 e. The van der Waals surface area contributed by atoms with Crippen LogP contribution in [-0.4, -0.2) is 21.9 Å². The largest absolute Gasteiger partial charge is 0.348 e. The van der Waals surface area contributed by atoms with Crippen LogP contribution in [-0.2, 0) is 5.41 Å². The van der Waals surface area contributed by atoms with E-state index in [1.54, 1.807) is 0 Å². The van der Waals surface area contributed by atoms with Crippen molar-refractivity contribution in [3.8, 4) is 0 Å².